The van der Waals surface area contributed by atoms with Crippen molar-refractivity contribution in [3.05, 3.63) is 60.7 Å². The van der Waals surface area contributed by atoms with E-state index >= 15 is 0 Å². The van der Waals surface area contributed by atoms with E-state index in [2.05, 4.69) is 115 Å². The van der Waals surface area contributed by atoms with Crippen LogP contribution in [-0.2, 0) is 18.4 Å². The predicted molar refractivity (Wildman–Crippen MR) is 152 cm³/mol. The molecular formula is C30H44O4Si2. The van der Waals surface area contributed by atoms with Crippen molar-refractivity contribution < 1.29 is 18.4 Å². The second-order valence-corrected chi connectivity index (χ2v) is 22.2. The van der Waals surface area contributed by atoms with Gasteiger partial charge in [0.1, 0.15) is 6.10 Å². The van der Waals surface area contributed by atoms with E-state index in [1.54, 1.807) is 0 Å². The van der Waals surface area contributed by atoms with Crippen molar-refractivity contribution in [2.45, 2.75) is 89.8 Å². The lowest BCUT2D eigenvalue weighted by Gasteiger charge is -2.46. The lowest BCUT2D eigenvalue weighted by atomic mass is 9.93. The van der Waals surface area contributed by atoms with Gasteiger partial charge in [-0.2, -0.15) is 0 Å². The molecule has 0 spiro atoms. The first-order valence-electron chi connectivity index (χ1n) is 13.4. The lowest BCUT2D eigenvalue weighted by molar-refractivity contribution is -0.141. The zero-order valence-electron chi connectivity index (χ0n) is 23.3. The first-order valence-corrected chi connectivity index (χ1v) is 18.2. The van der Waals surface area contributed by atoms with E-state index in [4.69, 9.17) is 13.6 Å². The summed E-state index contributed by atoms with van der Waals surface area (Å²) in [7, 11) is -4.67. The molecule has 36 heavy (non-hydrogen) atoms. The van der Waals surface area contributed by atoms with E-state index in [1.807, 2.05) is 0 Å². The number of esters is 1. The van der Waals surface area contributed by atoms with Gasteiger partial charge in [0.15, 0.2) is 8.32 Å². The van der Waals surface area contributed by atoms with Crippen LogP contribution in [0.3, 0.4) is 0 Å². The minimum atomic E-state index is -2.72. The molecule has 196 valence electrons. The number of hydrogen-bond donors (Lipinski definition) is 0. The fraction of sp³-hybridized carbons (Fsp3) is 0.567. The van der Waals surface area contributed by atoms with Gasteiger partial charge in [0.25, 0.3) is 8.32 Å². The summed E-state index contributed by atoms with van der Waals surface area (Å²) < 4.78 is 20.1. The van der Waals surface area contributed by atoms with E-state index in [0.717, 1.165) is 6.42 Å². The summed E-state index contributed by atoms with van der Waals surface area (Å²) in [5.41, 5.74) is 0. The van der Waals surface area contributed by atoms with E-state index < -0.39 is 16.6 Å². The largest absolute Gasteiger partial charge is 0.462 e. The van der Waals surface area contributed by atoms with Crippen molar-refractivity contribution >= 4 is 33.0 Å². The molecule has 1 aliphatic heterocycles. The Bertz CT molecular complexity index is 1000. The predicted octanol–water partition coefficient (Wildman–Crippen LogP) is 5.91. The molecule has 0 bridgehead atoms. The molecule has 4 atom stereocenters. The van der Waals surface area contributed by atoms with Gasteiger partial charge in [-0.15, -0.1) is 0 Å². The fourth-order valence-electron chi connectivity index (χ4n) is 5.76. The van der Waals surface area contributed by atoms with Gasteiger partial charge in [-0.1, -0.05) is 102 Å². The Balaban J connectivity index is 1.75. The Hall–Kier alpha value is -1.74. The molecule has 1 heterocycles. The Morgan fingerprint density at radius 1 is 0.861 bits per heavy atom. The third kappa shape index (κ3) is 5.02. The van der Waals surface area contributed by atoms with Crippen molar-refractivity contribution in [1.82, 2.24) is 0 Å². The Labute approximate surface area is 220 Å². The summed E-state index contributed by atoms with van der Waals surface area (Å²) >= 11 is 0. The minimum absolute atomic E-state index is 0.0239. The molecule has 4 rings (SSSR count). The van der Waals surface area contributed by atoms with Crippen molar-refractivity contribution in [3.8, 4) is 0 Å². The molecule has 6 heteroatoms. The molecule has 0 unspecified atom stereocenters. The normalized spacial score (nSPS) is 25.1. The maximum absolute atomic E-state index is 12.3. The van der Waals surface area contributed by atoms with Crippen LogP contribution in [0, 0.1) is 11.8 Å². The molecule has 1 saturated heterocycles. The Morgan fingerprint density at radius 2 is 1.39 bits per heavy atom. The monoisotopic (exact) mass is 524 g/mol. The molecule has 0 aromatic heterocycles. The average molecular weight is 525 g/mol. The zero-order valence-corrected chi connectivity index (χ0v) is 25.3. The van der Waals surface area contributed by atoms with Crippen LogP contribution in [0.1, 0.15) is 54.4 Å². The van der Waals surface area contributed by atoms with Crippen LogP contribution in [0.4, 0.5) is 0 Å². The quantitative estimate of drug-likeness (QED) is 0.334. The Morgan fingerprint density at radius 3 is 1.86 bits per heavy atom. The molecule has 1 aliphatic carbocycles. The summed E-state index contributed by atoms with van der Waals surface area (Å²) in [6, 6.07) is 21.6. The summed E-state index contributed by atoms with van der Waals surface area (Å²) in [4.78, 5) is 12.3. The summed E-state index contributed by atoms with van der Waals surface area (Å²) in [5.74, 6) is 0.217. The number of rotatable bonds is 7. The molecule has 0 amide bonds. The van der Waals surface area contributed by atoms with Crippen LogP contribution in [-0.4, -0.2) is 41.4 Å². The second kappa shape index (κ2) is 9.86. The number of carbonyl (C=O) groups is 1. The SMILES string of the molecule is CC(C)(C)[Si](C)(C)OC[C@@H]1[C@H]2CC(=O)O[C@H]2C[C@H]1O[Si](c1ccccc1)(c1ccccc1)C(C)(C)C. The van der Waals surface area contributed by atoms with Crippen LogP contribution in [0.15, 0.2) is 60.7 Å². The van der Waals surface area contributed by atoms with Crippen LogP contribution < -0.4 is 10.4 Å². The van der Waals surface area contributed by atoms with E-state index in [0.29, 0.717) is 13.0 Å². The second-order valence-electron chi connectivity index (χ2n) is 13.2. The van der Waals surface area contributed by atoms with Gasteiger partial charge in [0.2, 0.25) is 0 Å². The highest BCUT2D eigenvalue weighted by Gasteiger charge is 2.57. The van der Waals surface area contributed by atoms with Gasteiger partial charge >= 0.3 is 5.97 Å². The topological polar surface area (TPSA) is 44.8 Å². The number of benzene rings is 2. The van der Waals surface area contributed by atoms with Crippen molar-refractivity contribution in [2.75, 3.05) is 6.61 Å². The van der Waals surface area contributed by atoms with Crippen LogP contribution in [0.2, 0.25) is 23.2 Å². The number of ether oxygens (including phenoxy) is 1. The molecule has 4 nitrogen and oxygen atoms in total. The molecule has 2 fully saturated rings. The first-order chi connectivity index (χ1) is 16.8. The van der Waals surface area contributed by atoms with Crippen molar-refractivity contribution in [1.29, 1.82) is 0 Å². The van der Waals surface area contributed by atoms with E-state index in [-0.39, 0.29) is 40.1 Å². The zero-order chi connectivity index (χ0) is 26.4. The minimum Gasteiger partial charge on any atom is -0.462 e. The molecule has 0 radical (unpaired) electrons. The van der Waals surface area contributed by atoms with Gasteiger partial charge in [0.05, 0.1) is 12.5 Å². The van der Waals surface area contributed by atoms with Gasteiger partial charge in [0, 0.05) is 24.9 Å². The molecule has 0 N–H and O–H groups in total. The summed E-state index contributed by atoms with van der Waals surface area (Å²) in [6.07, 6.45) is 1.11. The maximum Gasteiger partial charge on any atom is 0.306 e. The molecule has 2 aliphatic rings. The summed E-state index contributed by atoms with van der Waals surface area (Å²) in [6.45, 7) is 19.0. The standard InChI is InChI=1S/C30H44O4Si2/c1-29(2,3)35(7,8)32-21-25-24-19-28(31)33-26(24)20-27(25)34-36(30(4,5)6,22-15-11-9-12-16-22)23-17-13-10-14-18-23/h9-18,24-27H,19-21H2,1-8H3/t24-,25-,26+,27-/m1/s1. The molecule has 2 aromatic carbocycles. The van der Waals surface area contributed by atoms with Crippen LogP contribution in [0.5, 0.6) is 0 Å². The van der Waals surface area contributed by atoms with Gasteiger partial charge in [-0.3, -0.25) is 4.79 Å². The van der Waals surface area contributed by atoms with Gasteiger partial charge < -0.3 is 13.6 Å². The lowest BCUT2D eigenvalue weighted by Crippen LogP contribution is -2.68. The third-order valence-electron chi connectivity index (χ3n) is 8.84. The van der Waals surface area contributed by atoms with E-state index in [1.165, 1.54) is 10.4 Å². The highest BCUT2D eigenvalue weighted by atomic mass is 28.4. The number of fused-ring (bicyclic) bond motifs is 1. The van der Waals surface area contributed by atoms with Crippen LogP contribution >= 0.6 is 0 Å². The maximum atomic E-state index is 12.3. The van der Waals surface area contributed by atoms with Crippen molar-refractivity contribution in [3.63, 3.8) is 0 Å². The number of hydrogen-bond acceptors (Lipinski definition) is 4. The molecular weight excluding hydrogens is 480 g/mol. The fourth-order valence-corrected chi connectivity index (χ4v) is 11.5. The molecule has 2 aromatic rings. The van der Waals surface area contributed by atoms with Gasteiger partial charge in [-0.05, 0) is 33.5 Å². The van der Waals surface area contributed by atoms with Crippen LogP contribution in [0.25, 0.3) is 0 Å². The van der Waals surface area contributed by atoms with Gasteiger partial charge in [-0.25, -0.2) is 0 Å². The smallest absolute Gasteiger partial charge is 0.306 e. The van der Waals surface area contributed by atoms with Crippen molar-refractivity contribution in [2.24, 2.45) is 11.8 Å². The summed E-state index contributed by atoms with van der Waals surface area (Å²) in [5, 5.41) is 2.58. The highest BCUT2D eigenvalue weighted by Crippen LogP contribution is 2.47. The number of carbonyl (C=O) groups excluding carboxylic acids is 1. The van der Waals surface area contributed by atoms with E-state index in [9.17, 15) is 4.79 Å². The third-order valence-corrected chi connectivity index (χ3v) is 18.4. The molecule has 1 saturated carbocycles. The first kappa shape index (κ1) is 27.3. The Kier molecular flexibility index (Phi) is 7.48. The highest BCUT2D eigenvalue weighted by molar-refractivity contribution is 6.99. The average Bonchev–Trinajstić information content (AvgIpc) is 3.31.